The molecule has 0 aliphatic carbocycles. The van der Waals surface area contributed by atoms with Crippen LogP contribution in [0.5, 0.6) is 0 Å². The first-order chi connectivity index (χ1) is 5.74. The molecular weight excluding hydrogens is 152 g/mol. The van der Waals surface area contributed by atoms with E-state index in [4.69, 9.17) is 4.74 Å². The molecule has 1 aliphatic rings. The molecule has 1 fully saturated rings. The van der Waals surface area contributed by atoms with E-state index in [1.807, 2.05) is 0 Å². The Labute approximate surface area is 74.9 Å². The standard InChI is InChI=1S/C10H20O2/c1-3-4-5-9(11)10-7-6-8(2)12-10/h8-11H,3-7H2,1-2H3. The van der Waals surface area contributed by atoms with Crippen LogP contribution < -0.4 is 0 Å². The van der Waals surface area contributed by atoms with Gasteiger partial charge in [-0.15, -0.1) is 0 Å². The number of unbranched alkanes of at least 4 members (excludes halogenated alkanes) is 1. The van der Waals surface area contributed by atoms with Crippen molar-refractivity contribution >= 4 is 0 Å². The quantitative estimate of drug-likeness (QED) is 0.703. The first-order valence-electron chi connectivity index (χ1n) is 5.07. The lowest BCUT2D eigenvalue weighted by Crippen LogP contribution is -2.25. The lowest BCUT2D eigenvalue weighted by molar-refractivity contribution is -0.0320. The summed E-state index contributed by atoms with van der Waals surface area (Å²) in [6.07, 6.45) is 5.54. The number of hydrogen-bond acceptors (Lipinski definition) is 2. The van der Waals surface area contributed by atoms with Crippen LogP contribution in [0.2, 0.25) is 0 Å². The number of aliphatic hydroxyl groups excluding tert-OH is 1. The van der Waals surface area contributed by atoms with Crippen LogP contribution in [0.3, 0.4) is 0 Å². The van der Waals surface area contributed by atoms with Crippen molar-refractivity contribution in [1.82, 2.24) is 0 Å². The van der Waals surface area contributed by atoms with Gasteiger partial charge in [-0.1, -0.05) is 19.8 Å². The highest BCUT2D eigenvalue weighted by molar-refractivity contribution is 4.76. The Morgan fingerprint density at radius 2 is 2.25 bits per heavy atom. The van der Waals surface area contributed by atoms with Gasteiger partial charge in [0.15, 0.2) is 0 Å². The van der Waals surface area contributed by atoms with Crippen LogP contribution in [-0.4, -0.2) is 23.4 Å². The number of hydrogen-bond donors (Lipinski definition) is 1. The minimum atomic E-state index is -0.227. The summed E-state index contributed by atoms with van der Waals surface area (Å²) in [4.78, 5) is 0. The molecule has 0 amide bonds. The largest absolute Gasteiger partial charge is 0.390 e. The van der Waals surface area contributed by atoms with Gasteiger partial charge >= 0.3 is 0 Å². The summed E-state index contributed by atoms with van der Waals surface area (Å²) in [5.74, 6) is 0. The molecule has 1 heterocycles. The van der Waals surface area contributed by atoms with E-state index in [9.17, 15) is 5.11 Å². The molecule has 0 aromatic heterocycles. The fraction of sp³-hybridized carbons (Fsp3) is 1.00. The lowest BCUT2D eigenvalue weighted by atomic mass is 10.0. The van der Waals surface area contributed by atoms with Gasteiger partial charge in [0, 0.05) is 0 Å². The fourth-order valence-corrected chi connectivity index (χ4v) is 1.72. The molecule has 0 spiro atoms. The zero-order chi connectivity index (χ0) is 8.97. The van der Waals surface area contributed by atoms with Crippen molar-refractivity contribution in [2.24, 2.45) is 0 Å². The monoisotopic (exact) mass is 172 g/mol. The Kier molecular flexibility index (Phi) is 4.02. The summed E-state index contributed by atoms with van der Waals surface area (Å²) >= 11 is 0. The van der Waals surface area contributed by atoms with E-state index in [1.165, 1.54) is 0 Å². The normalized spacial score (nSPS) is 32.2. The molecule has 2 heteroatoms. The van der Waals surface area contributed by atoms with E-state index in [-0.39, 0.29) is 12.2 Å². The smallest absolute Gasteiger partial charge is 0.0838 e. The maximum atomic E-state index is 9.67. The van der Waals surface area contributed by atoms with Gasteiger partial charge in [-0.3, -0.25) is 0 Å². The Bertz CT molecular complexity index is 125. The summed E-state index contributed by atoms with van der Waals surface area (Å²) in [5, 5.41) is 9.67. The summed E-state index contributed by atoms with van der Waals surface area (Å²) < 4.78 is 5.57. The minimum absolute atomic E-state index is 0.117. The van der Waals surface area contributed by atoms with Gasteiger partial charge in [0.2, 0.25) is 0 Å². The van der Waals surface area contributed by atoms with E-state index in [0.717, 1.165) is 32.1 Å². The number of aliphatic hydroxyl groups is 1. The van der Waals surface area contributed by atoms with Crippen LogP contribution in [0.1, 0.15) is 46.0 Å². The van der Waals surface area contributed by atoms with Crippen LogP contribution >= 0.6 is 0 Å². The van der Waals surface area contributed by atoms with E-state index >= 15 is 0 Å². The Hall–Kier alpha value is -0.0800. The summed E-state index contributed by atoms with van der Waals surface area (Å²) in [7, 11) is 0. The van der Waals surface area contributed by atoms with Gasteiger partial charge in [-0.25, -0.2) is 0 Å². The molecule has 3 atom stereocenters. The van der Waals surface area contributed by atoms with Crippen LogP contribution in [0, 0.1) is 0 Å². The second-order valence-electron chi connectivity index (χ2n) is 3.77. The summed E-state index contributed by atoms with van der Waals surface area (Å²) in [6.45, 7) is 4.22. The van der Waals surface area contributed by atoms with E-state index in [2.05, 4.69) is 13.8 Å². The first kappa shape index (κ1) is 10.0. The molecule has 0 aromatic carbocycles. The maximum absolute atomic E-state index is 9.67. The van der Waals surface area contributed by atoms with Crippen molar-refractivity contribution in [3.05, 3.63) is 0 Å². The number of ether oxygens (including phenoxy) is 1. The van der Waals surface area contributed by atoms with Crippen LogP contribution in [0.4, 0.5) is 0 Å². The molecule has 0 radical (unpaired) electrons. The molecule has 1 N–H and O–H groups in total. The topological polar surface area (TPSA) is 29.5 Å². The Morgan fingerprint density at radius 3 is 2.75 bits per heavy atom. The first-order valence-corrected chi connectivity index (χ1v) is 5.07. The van der Waals surface area contributed by atoms with Crippen molar-refractivity contribution in [2.45, 2.75) is 64.3 Å². The average Bonchev–Trinajstić information content (AvgIpc) is 2.47. The van der Waals surface area contributed by atoms with Gasteiger partial charge in [0.25, 0.3) is 0 Å². The molecule has 1 rings (SSSR count). The number of rotatable bonds is 4. The average molecular weight is 172 g/mol. The third kappa shape index (κ3) is 2.76. The molecule has 0 aromatic rings. The molecule has 1 saturated heterocycles. The second-order valence-corrected chi connectivity index (χ2v) is 3.77. The van der Waals surface area contributed by atoms with Gasteiger partial charge in [-0.05, 0) is 26.2 Å². The zero-order valence-corrected chi connectivity index (χ0v) is 8.12. The molecule has 12 heavy (non-hydrogen) atoms. The molecule has 2 nitrogen and oxygen atoms in total. The highest BCUT2D eigenvalue weighted by Crippen LogP contribution is 2.23. The van der Waals surface area contributed by atoms with Gasteiger partial charge in [0.1, 0.15) is 0 Å². The van der Waals surface area contributed by atoms with Crippen LogP contribution in [-0.2, 0) is 4.74 Å². The van der Waals surface area contributed by atoms with Crippen molar-refractivity contribution in [3.63, 3.8) is 0 Å². The highest BCUT2D eigenvalue weighted by Gasteiger charge is 2.27. The summed E-state index contributed by atoms with van der Waals surface area (Å²) in [5.41, 5.74) is 0. The highest BCUT2D eigenvalue weighted by atomic mass is 16.5. The molecule has 0 bridgehead atoms. The zero-order valence-electron chi connectivity index (χ0n) is 8.12. The van der Waals surface area contributed by atoms with Crippen molar-refractivity contribution in [1.29, 1.82) is 0 Å². The van der Waals surface area contributed by atoms with Gasteiger partial charge in [0.05, 0.1) is 18.3 Å². The molecule has 0 saturated carbocycles. The minimum Gasteiger partial charge on any atom is -0.390 e. The van der Waals surface area contributed by atoms with Gasteiger partial charge in [-0.2, -0.15) is 0 Å². The van der Waals surface area contributed by atoms with E-state index in [1.54, 1.807) is 0 Å². The van der Waals surface area contributed by atoms with Crippen molar-refractivity contribution in [3.8, 4) is 0 Å². The predicted octanol–water partition coefficient (Wildman–Crippen LogP) is 2.10. The van der Waals surface area contributed by atoms with Gasteiger partial charge < -0.3 is 9.84 Å². The lowest BCUT2D eigenvalue weighted by Gasteiger charge is -2.17. The molecular formula is C10H20O2. The molecule has 1 aliphatic heterocycles. The summed E-state index contributed by atoms with van der Waals surface area (Å²) in [6, 6.07) is 0. The SMILES string of the molecule is CCCCC(O)C1CCC(C)O1. The van der Waals surface area contributed by atoms with Crippen LogP contribution in [0.15, 0.2) is 0 Å². The Balaban J connectivity index is 2.18. The Morgan fingerprint density at radius 1 is 1.50 bits per heavy atom. The maximum Gasteiger partial charge on any atom is 0.0838 e. The fourth-order valence-electron chi connectivity index (χ4n) is 1.72. The van der Waals surface area contributed by atoms with Crippen molar-refractivity contribution in [2.75, 3.05) is 0 Å². The second kappa shape index (κ2) is 4.83. The van der Waals surface area contributed by atoms with Crippen LogP contribution in [0.25, 0.3) is 0 Å². The molecule has 72 valence electrons. The van der Waals surface area contributed by atoms with Crippen molar-refractivity contribution < 1.29 is 9.84 Å². The third-order valence-electron chi connectivity index (χ3n) is 2.55. The third-order valence-corrected chi connectivity index (χ3v) is 2.55. The molecule has 3 unspecified atom stereocenters. The van der Waals surface area contributed by atoms with E-state index in [0.29, 0.717) is 6.10 Å². The van der Waals surface area contributed by atoms with E-state index < -0.39 is 0 Å². The predicted molar refractivity (Wildman–Crippen MR) is 49.1 cm³/mol.